The molecule has 4 nitrogen and oxygen atoms in total. The summed E-state index contributed by atoms with van der Waals surface area (Å²) in [5.74, 6) is 1.28. The highest BCUT2D eigenvalue weighted by atomic mass is 35.5. The molecule has 26 heavy (non-hydrogen) atoms. The van der Waals surface area contributed by atoms with E-state index >= 15 is 0 Å². The third-order valence-corrected chi connectivity index (χ3v) is 4.96. The van der Waals surface area contributed by atoms with E-state index in [2.05, 4.69) is 29.3 Å². The average molecular weight is 373 g/mol. The second kappa shape index (κ2) is 9.06. The molecule has 0 saturated carbocycles. The molecule has 1 saturated heterocycles. The van der Waals surface area contributed by atoms with Crippen LogP contribution in [0.15, 0.2) is 48.5 Å². The van der Waals surface area contributed by atoms with Gasteiger partial charge in [-0.3, -0.25) is 9.69 Å². The largest absolute Gasteiger partial charge is 0.484 e. The minimum absolute atomic E-state index is 0.0324. The normalized spacial score (nSPS) is 15.6. The molecule has 2 aromatic rings. The summed E-state index contributed by atoms with van der Waals surface area (Å²) in [5, 5.41) is 3.50. The average Bonchev–Trinajstić information content (AvgIpc) is 2.65. The standard InChI is InChI=1S/C21H25ClN2O2/c1-16-10-12-24(13-11-16)14-17-2-6-19(7-3-17)23-21(25)15-26-20-8-4-18(22)5-9-20/h2-9,16H,10-15H2,1H3,(H,23,25). The highest BCUT2D eigenvalue weighted by Crippen LogP contribution is 2.19. The number of nitrogens with zero attached hydrogens (tertiary/aromatic N) is 1. The third-order valence-electron chi connectivity index (χ3n) is 4.70. The second-order valence-corrected chi connectivity index (χ2v) is 7.38. The molecule has 0 aromatic heterocycles. The first kappa shape index (κ1) is 18.7. The number of carbonyl (C=O) groups is 1. The predicted octanol–water partition coefficient (Wildman–Crippen LogP) is 4.59. The van der Waals surface area contributed by atoms with E-state index in [0.717, 1.165) is 18.2 Å². The Morgan fingerprint density at radius 2 is 1.77 bits per heavy atom. The molecule has 0 radical (unpaired) electrons. The first-order chi connectivity index (χ1) is 12.6. The Balaban J connectivity index is 1.44. The van der Waals surface area contributed by atoms with Crippen molar-refractivity contribution in [2.45, 2.75) is 26.3 Å². The number of nitrogens with one attached hydrogen (secondary N) is 1. The first-order valence-electron chi connectivity index (χ1n) is 9.08. The van der Waals surface area contributed by atoms with E-state index in [4.69, 9.17) is 16.3 Å². The Morgan fingerprint density at radius 3 is 2.42 bits per heavy atom. The van der Waals surface area contributed by atoms with E-state index in [-0.39, 0.29) is 12.5 Å². The number of hydrogen-bond acceptors (Lipinski definition) is 3. The van der Waals surface area contributed by atoms with Crippen molar-refractivity contribution in [1.29, 1.82) is 0 Å². The number of ether oxygens (including phenoxy) is 1. The molecule has 0 unspecified atom stereocenters. The molecular formula is C21H25ClN2O2. The fourth-order valence-electron chi connectivity index (χ4n) is 3.05. The Morgan fingerprint density at radius 1 is 1.12 bits per heavy atom. The molecule has 138 valence electrons. The van der Waals surface area contributed by atoms with Crippen molar-refractivity contribution >= 4 is 23.2 Å². The van der Waals surface area contributed by atoms with Crippen LogP contribution in [0.1, 0.15) is 25.3 Å². The fourth-order valence-corrected chi connectivity index (χ4v) is 3.17. The van der Waals surface area contributed by atoms with Crippen LogP contribution in [0, 0.1) is 5.92 Å². The van der Waals surface area contributed by atoms with E-state index in [0.29, 0.717) is 10.8 Å². The van der Waals surface area contributed by atoms with Crippen LogP contribution in [0.25, 0.3) is 0 Å². The zero-order chi connectivity index (χ0) is 18.4. The second-order valence-electron chi connectivity index (χ2n) is 6.95. The molecule has 0 bridgehead atoms. The molecule has 1 heterocycles. The molecule has 1 fully saturated rings. The number of anilines is 1. The van der Waals surface area contributed by atoms with Gasteiger partial charge in [-0.15, -0.1) is 0 Å². The number of rotatable bonds is 6. The van der Waals surface area contributed by atoms with Crippen LogP contribution in [-0.4, -0.2) is 30.5 Å². The maximum absolute atomic E-state index is 12.0. The van der Waals surface area contributed by atoms with Crippen molar-refractivity contribution < 1.29 is 9.53 Å². The number of carbonyl (C=O) groups excluding carboxylic acids is 1. The molecule has 5 heteroatoms. The van der Waals surface area contributed by atoms with Gasteiger partial charge in [0, 0.05) is 17.3 Å². The van der Waals surface area contributed by atoms with Gasteiger partial charge < -0.3 is 10.1 Å². The van der Waals surface area contributed by atoms with Crippen molar-refractivity contribution in [2.75, 3.05) is 25.0 Å². The number of likely N-dealkylation sites (tertiary alicyclic amines) is 1. The summed E-state index contributed by atoms with van der Waals surface area (Å²) in [4.78, 5) is 14.5. The highest BCUT2D eigenvalue weighted by Gasteiger charge is 2.15. The minimum atomic E-state index is -0.183. The Labute approximate surface area is 160 Å². The van der Waals surface area contributed by atoms with Crippen molar-refractivity contribution in [2.24, 2.45) is 5.92 Å². The van der Waals surface area contributed by atoms with Crippen LogP contribution in [0.3, 0.4) is 0 Å². The maximum Gasteiger partial charge on any atom is 0.262 e. The summed E-state index contributed by atoms with van der Waals surface area (Å²) in [6, 6.07) is 15.0. The van der Waals surface area contributed by atoms with Gasteiger partial charge in [0.05, 0.1) is 0 Å². The lowest BCUT2D eigenvalue weighted by Crippen LogP contribution is -2.32. The zero-order valence-electron chi connectivity index (χ0n) is 15.1. The smallest absolute Gasteiger partial charge is 0.262 e. The molecule has 0 spiro atoms. The lowest BCUT2D eigenvalue weighted by atomic mass is 9.99. The monoisotopic (exact) mass is 372 g/mol. The van der Waals surface area contributed by atoms with Gasteiger partial charge in [0.2, 0.25) is 0 Å². The van der Waals surface area contributed by atoms with Crippen LogP contribution in [0.4, 0.5) is 5.69 Å². The van der Waals surface area contributed by atoms with Gasteiger partial charge in [-0.05, 0) is 73.8 Å². The Kier molecular flexibility index (Phi) is 6.53. The first-order valence-corrected chi connectivity index (χ1v) is 9.46. The zero-order valence-corrected chi connectivity index (χ0v) is 15.8. The highest BCUT2D eigenvalue weighted by molar-refractivity contribution is 6.30. The molecule has 1 aliphatic heterocycles. The molecular weight excluding hydrogens is 348 g/mol. The number of amides is 1. The summed E-state index contributed by atoms with van der Waals surface area (Å²) < 4.78 is 5.45. The summed E-state index contributed by atoms with van der Waals surface area (Å²) in [6.45, 7) is 5.60. The van der Waals surface area contributed by atoms with E-state index in [1.807, 2.05) is 12.1 Å². The van der Waals surface area contributed by atoms with Gasteiger partial charge in [-0.1, -0.05) is 30.7 Å². The molecule has 2 aromatic carbocycles. The SMILES string of the molecule is CC1CCN(Cc2ccc(NC(=O)COc3ccc(Cl)cc3)cc2)CC1. The molecule has 1 aliphatic rings. The summed E-state index contributed by atoms with van der Waals surface area (Å²) in [7, 11) is 0. The van der Waals surface area contributed by atoms with E-state index in [1.54, 1.807) is 24.3 Å². The summed E-state index contributed by atoms with van der Waals surface area (Å²) in [6.07, 6.45) is 2.56. The molecule has 1 N–H and O–H groups in total. The lowest BCUT2D eigenvalue weighted by molar-refractivity contribution is -0.118. The molecule has 1 amide bonds. The predicted molar refractivity (Wildman–Crippen MR) is 106 cm³/mol. The molecule has 0 atom stereocenters. The van der Waals surface area contributed by atoms with E-state index < -0.39 is 0 Å². The summed E-state index contributed by atoms with van der Waals surface area (Å²) >= 11 is 5.82. The number of hydrogen-bond donors (Lipinski definition) is 1. The van der Waals surface area contributed by atoms with Crippen LogP contribution in [-0.2, 0) is 11.3 Å². The number of piperidine rings is 1. The number of benzene rings is 2. The van der Waals surface area contributed by atoms with Crippen molar-refractivity contribution in [3.63, 3.8) is 0 Å². The van der Waals surface area contributed by atoms with Gasteiger partial charge in [0.15, 0.2) is 6.61 Å². The third kappa shape index (κ3) is 5.75. The van der Waals surface area contributed by atoms with Gasteiger partial charge in [-0.25, -0.2) is 0 Å². The van der Waals surface area contributed by atoms with Crippen LogP contribution in [0.2, 0.25) is 5.02 Å². The quantitative estimate of drug-likeness (QED) is 0.806. The maximum atomic E-state index is 12.0. The van der Waals surface area contributed by atoms with Crippen LogP contribution in [0.5, 0.6) is 5.75 Å². The number of halogens is 1. The molecule has 0 aliphatic carbocycles. The van der Waals surface area contributed by atoms with Crippen LogP contribution < -0.4 is 10.1 Å². The van der Waals surface area contributed by atoms with Crippen molar-refractivity contribution in [3.8, 4) is 5.75 Å². The Bertz CT molecular complexity index is 708. The van der Waals surface area contributed by atoms with E-state index in [1.165, 1.54) is 31.5 Å². The van der Waals surface area contributed by atoms with Crippen molar-refractivity contribution in [3.05, 3.63) is 59.1 Å². The van der Waals surface area contributed by atoms with Gasteiger partial charge >= 0.3 is 0 Å². The van der Waals surface area contributed by atoms with Gasteiger partial charge in [0.25, 0.3) is 5.91 Å². The minimum Gasteiger partial charge on any atom is -0.484 e. The fraction of sp³-hybridized carbons (Fsp3) is 0.381. The van der Waals surface area contributed by atoms with Gasteiger partial charge in [0.1, 0.15) is 5.75 Å². The molecule has 3 rings (SSSR count). The van der Waals surface area contributed by atoms with Gasteiger partial charge in [-0.2, -0.15) is 0 Å². The summed E-state index contributed by atoms with van der Waals surface area (Å²) in [5.41, 5.74) is 2.06. The topological polar surface area (TPSA) is 41.6 Å². The Hall–Kier alpha value is -2.04. The van der Waals surface area contributed by atoms with E-state index in [9.17, 15) is 4.79 Å². The van der Waals surface area contributed by atoms with Crippen molar-refractivity contribution in [1.82, 2.24) is 4.90 Å². The lowest BCUT2D eigenvalue weighted by Gasteiger charge is -2.30. The van der Waals surface area contributed by atoms with Crippen LogP contribution >= 0.6 is 11.6 Å².